The molecule has 28 heavy (non-hydrogen) atoms. The summed E-state index contributed by atoms with van der Waals surface area (Å²) in [6, 6.07) is 5.09. The first-order valence-electron chi connectivity index (χ1n) is 9.53. The Morgan fingerprint density at radius 2 is 1.96 bits per heavy atom. The Kier molecular flexibility index (Phi) is 14.2. The van der Waals surface area contributed by atoms with Crippen LogP contribution in [0.1, 0.15) is 44.7 Å². The van der Waals surface area contributed by atoms with Crippen LogP contribution < -0.4 is 15.4 Å². The quantitative estimate of drug-likeness (QED) is 0.235. The van der Waals surface area contributed by atoms with E-state index in [0.717, 1.165) is 18.4 Å². The maximum absolute atomic E-state index is 12.6. The molecule has 0 amide bonds. The minimum absolute atomic E-state index is 0. The summed E-state index contributed by atoms with van der Waals surface area (Å²) in [5.74, 6) is 1.65. The fraction of sp³-hybridized carbons (Fsp3) is 0.650. The molecule has 0 aliphatic carbocycles. The van der Waals surface area contributed by atoms with Gasteiger partial charge in [0.25, 0.3) is 0 Å². The number of halogens is 3. The predicted octanol–water partition coefficient (Wildman–Crippen LogP) is 4.31. The van der Waals surface area contributed by atoms with Gasteiger partial charge in [-0.3, -0.25) is 0 Å². The Morgan fingerprint density at radius 3 is 2.54 bits per heavy atom. The first-order chi connectivity index (χ1) is 12.8. The number of aliphatic imine (C=N–C) groups is 1. The molecule has 0 saturated heterocycles. The second-order valence-corrected chi connectivity index (χ2v) is 7.07. The van der Waals surface area contributed by atoms with Crippen molar-refractivity contribution in [3.8, 4) is 5.75 Å². The van der Waals surface area contributed by atoms with Crippen LogP contribution in [0.25, 0.3) is 0 Å². The largest absolute Gasteiger partial charge is 0.434 e. The number of nitrogens with one attached hydrogen (secondary N) is 2. The standard InChI is InChI=1S/C20H33F2N3O2.HI/c1-5-23-20(24-12-16(8-9-26)10-14(2)3)25-13-17-11-15(4)6-7-18(17)27-19(21)22;/h6-7,11,14,16,19,26H,5,8-10,12-13H2,1-4H3,(H2,23,24,25);1H. The average Bonchev–Trinajstić information content (AvgIpc) is 2.58. The zero-order valence-corrected chi connectivity index (χ0v) is 19.5. The normalized spacial score (nSPS) is 12.7. The predicted molar refractivity (Wildman–Crippen MR) is 121 cm³/mol. The third-order valence-electron chi connectivity index (χ3n) is 4.08. The number of alkyl halides is 2. The van der Waals surface area contributed by atoms with Gasteiger partial charge in [-0.2, -0.15) is 8.78 Å². The number of nitrogens with zero attached hydrogens (tertiary/aromatic N) is 1. The van der Waals surface area contributed by atoms with Crippen LogP contribution in [0.4, 0.5) is 8.78 Å². The van der Waals surface area contributed by atoms with Crippen LogP contribution in [-0.4, -0.2) is 37.4 Å². The lowest BCUT2D eigenvalue weighted by atomic mass is 9.94. The number of benzene rings is 1. The Morgan fingerprint density at radius 1 is 1.25 bits per heavy atom. The molecule has 0 fully saturated rings. The maximum Gasteiger partial charge on any atom is 0.387 e. The van der Waals surface area contributed by atoms with Crippen molar-refractivity contribution < 1.29 is 18.6 Å². The molecule has 0 saturated carbocycles. The lowest BCUT2D eigenvalue weighted by Crippen LogP contribution is -2.40. The molecule has 0 aliphatic heterocycles. The second kappa shape index (κ2) is 14.8. The molecular formula is C20H34F2IN3O2. The zero-order valence-electron chi connectivity index (χ0n) is 17.2. The van der Waals surface area contributed by atoms with Gasteiger partial charge in [-0.15, -0.1) is 24.0 Å². The Balaban J connectivity index is 0.00000729. The Labute approximate surface area is 184 Å². The molecule has 0 aliphatic rings. The minimum Gasteiger partial charge on any atom is -0.434 e. The number of aliphatic hydroxyl groups excluding tert-OH is 1. The average molecular weight is 513 g/mol. The first-order valence-corrected chi connectivity index (χ1v) is 9.53. The Bertz CT molecular complexity index is 587. The van der Waals surface area contributed by atoms with Crippen LogP contribution >= 0.6 is 24.0 Å². The molecule has 1 aromatic rings. The monoisotopic (exact) mass is 513 g/mol. The number of guanidine groups is 1. The minimum atomic E-state index is -2.86. The molecule has 8 heteroatoms. The fourth-order valence-electron chi connectivity index (χ4n) is 2.94. The van der Waals surface area contributed by atoms with Crippen LogP contribution in [0.15, 0.2) is 23.2 Å². The summed E-state index contributed by atoms with van der Waals surface area (Å²) < 4.78 is 29.8. The van der Waals surface area contributed by atoms with Crippen molar-refractivity contribution in [1.82, 2.24) is 10.6 Å². The van der Waals surface area contributed by atoms with Crippen LogP contribution in [0.2, 0.25) is 0 Å². The third-order valence-corrected chi connectivity index (χ3v) is 4.08. The summed E-state index contributed by atoms with van der Waals surface area (Å²) >= 11 is 0. The number of hydrogen-bond donors (Lipinski definition) is 3. The highest BCUT2D eigenvalue weighted by Crippen LogP contribution is 2.23. The van der Waals surface area contributed by atoms with Gasteiger partial charge in [0.1, 0.15) is 5.75 Å². The van der Waals surface area contributed by atoms with Crippen molar-refractivity contribution in [2.45, 2.75) is 53.7 Å². The molecule has 1 aromatic carbocycles. The van der Waals surface area contributed by atoms with E-state index in [0.29, 0.717) is 36.4 Å². The fourth-order valence-corrected chi connectivity index (χ4v) is 2.94. The molecule has 162 valence electrons. The summed E-state index contributed by atoms with van der Waals surface area (Å²) in [4.78, 5) is 4.51. The first kappa shape index (κ1) is 26.8. The van der Waals surface area contributed by atoms with Gasteiger partial charge >= 0.3 is 6.61 Å². The molecular weight excluding hydrogens is 479 g/mol. The molecule has 0 aromatic heterocycles. The van der Waals surface area contributed by atoms with Crippen molar-refractivity contribution in [1.29, 1.82) is 0 Å². The highest BCUT2D eigenvalue weighted by Gasteiger charge is 2.13. The van der Waals surface area contributed by atoms with E-state index in [9.17, 15) is 13.9 Å². The summed E-state index contributed by atoms with van der Waals surface area (Å²) in [6.07, 6.45) is 1.74. The molecule has 1 unspecified atom stereocenters. The highest BCUT2D eigenvalue weighted by atomic mass is 127. The van der Waals surface area contributed by atoms with Gasteiger partial charge in [-0.25, -0.2) is 4.99 Å². The van der Waals surface area contributed by atoms with E-state index in [4.69, 9.17) is 0 Å². The van der Waals surface area contributed by atoms with Crippen molar-refractivity contribution in [2.75, 3.05) is 19.7 Å². The smallest absolute Gasteiger partial charge is 0.387 e. The molecule has 0 radical (unpaired) electrons. The molecule has 1 rings (SSSR count). The van der Waals surface area contributed by atoms with E-state index in [2.05, 4.69) is 34.2 Å². The van der Waals surface area contributed by atoms with Gasteiger partial charge in [0.15, 0.2) is 5.96 Å². The molecule has 3 N–H and O–H groups in total. The molecule has 1 atom stereocenters. The van der Waals surface area contributed by atoms with Gasteiger partial charge in [-0.1, -0.05) is 31.5 Å². The van der Waals surface area contributed by atoms with Gasteiger partial charge in [0, 0.05) is 25.3 Å². The number of ether oxygens (including phenoxy) is 1. The van der Waals surface area contributed by atoms with Crippen molar-refractivity contribution in [2.24, 2.45) is 16.8 Å². The second-order valence-electron chi connectivity index (χ2n) is 7.07. The van der Waals surface area contributed by atoms with Crippen molar-refractivity contribution in [3.63, 3.8) is 0 Å². The lowest BCUT2D eigenvalue weighted by molar-refractivity contribution is -0.0504. The van der Waals surface area contributed by atoms with Crippen LogP contribution in [0.5, 0.6) is 5.75 Å². The number of rotatable bonds is 11. The zero-order chi connectivity index (χ0) is 20.2. The SMILES string of the molecule is CCNC(=NCc1cc(C)ccc1OC(F)F)NCC(CCO)CC(C)C.I. The van der Waals surface area contributed by atoms with Crippen molar-refractivity contribution >= 4 is 29.9 Å². The van der Waals surface area contributed by atoms with Gasteiger partial charge < -0.3 is 20.5 Å². The van der Waals surface area contributed by atoms with E-state index in [1.165, 1.54) is 0 Å². The van der Waals surface area contributed by atoms with Crippen LogP contribution in [0.3, 0.4) is 0 Å². The van der Waals surface area contributed by atoms with Gasteiger partial charge in [0.05, 0.1) is 6.54 Å². The third kappa shape index (κ3) is 11.0. The number of aryl methyl sites for hydroxylation is 1. The van der Waals surface area contributed by atoms with Crippen LogP contribution in [0, 0.1) is 18.8 Å². The van der Waals surface area contributed by atoms with Gasteiger partial charge in [0.2, 0.25) is 0 Å². The molecule has 0 bridgehead atoms. The molecule has 0 spiro atoms. The van der Waals surface area contributed by atoms with E-state index < -0.39 is 6.61 Å². The van der Waals surface area contributed by atoms with E-state index in [1.807, 2.05) is 13.8 Å². The summed E-state index contributed by atoms with van der Waals surface area (Å²) in [5.41, 5.74) is 1.57. The number of aliphatic hydroxyl groups is 1. The summed E-state index contributed by atoms with van der Waals surface area (Å²) in [5, 5.41) is 15.7. The Hall–Kier alpha value is -1.16. The number of hydrogen-bond acceptors (Lipinski definition) is 3. The maximum atomic E-state index is 12.6. The summed E-state index contributed by atoms with van der Waals surface area (Å²) in [7, 11) is 0. The van der Waals surface area contributed by atoms with Crippen molar-refractivity contribution in [3.05, 3.63) is 29.3 Å². The van der Waals surface area contributed by atoms with E-state index in [1.54, 1.807) is 18.2 Å². The van der Waals surface area contributed by atoms with Gasteiger partial charge in [-0.05, 0) is 44.6 Å². The molecule has 5 nitrogen and oxygen atoms in total. The highest BCUT2D eigenvalue weighted by molar-refractivity contribution is 14.0. The summed E-state index contributed by atoms with van der Waals surface area (Å²) in [6.45, 7) is 7.09. The molecule has 0 heterocycles. The van der Waals surface area contributed by atoms with E-state index in [-0.39, 0.29) is 42.9 Å². The van der Waals surface area contributed by atoms with E-state index >= 15 is 0 Å². The lowest BCUT2D eigenvalue weighted by Gasteiger charge is -2.20. The van der Waals surface area contributed by atoms with Crippen LogP contribution in [-0.2, 0) is 6.54 Å². The topological polar surface area (TPSA) is 65.9 Å².